The van der Waals surface area contributed by atoms with Crippen molar-refractivity contribution in [3.63, 3.8) is 0 Å². The zero-order chi connectivity index (χ0) is 17.1. The maximum Gasteiger partial charge on any atom is 0.269 e. The number of nitro groups is 1. The molecule has 0 atom stereocenters. The van der Waals surface area contributed by atoms with Crippen LogP contribution in [-0.2, 0) is 0 Å². The molecule has 2 aromatic carbocycles. The number of hydrogen-bond acceptors (Lipinski definition) is 6. The van der Waals surface area contributed by atoms with Crippen molar-refractivity contribution in [1.82, 2.24) is 9.97 Å². The normalized spacial score (nSPS) is 10.7. The van der Waals surface area contributed by atoms with Gasteiger partial charge in [0.2, 0.25) is 0 Å². The van der Waals surface area contributed by atoms with Gasteiger partial charge in [0.15, 0.2) is 5.78 Å². The van der Waals surface area contributed by atoms with Crippen molar-refractivity contribution in [3.8, 4) is 0 Å². The van der Waals surface area contributed by atoms with Gasteiger partial charge in [-0.05, 0) is 25.1 Å². The van der Waals surface area contributed by atoms with Crippen LogP contribution in [0, 0.1) is 17.0 Å². The van der Waals surface area contributed by atoms with Crippen molar-refractivity contribution in [3.05, 3.63) is 70.0 Å². The molecule has 6 nitrogen and oxygen atoms in total. The van der Waals surface area contributed by atoms with E-state index in [1.54, 1.807) is 0 Å². The van der Waals surface area contributed by atoms with Gasteiger partial charge in [0.1, 0.15) is 10.9 Å². The maximum atomic E-state index is 12.3. The standard InChI is InChI=1S/C17H13N3O3S/c1-11-18-15-5-3-2-4-14(15)17(19-11)24-10-16(21)12-6-8-13(9-7-12)20(22)23/h2-9H,10H2,1H3. The smallest absolute Gasteiger partial charge is 0.269 e. The molecule has 0 aliphatic heterocycles. The Kier molecular flexibility index (Phi) is 4.52. The Morgan fingerprint density at radius 1 is 1.12 bits per heavy atom. The minimum atomic E-state index is -0.487. The summed E-state index contributed by atoms with van der Waals surface area (Å²) in [6, 6.07) is 13.3. The van der Waals surface area contributed by atoms with Crippen LogP contribution >= 0.6 is 11.8 Å². The maximum absolute atomic E-state index is 12.3. The second kappa shape index (κ2) is 6.76. The Labute approximate surface area is 142 Å². The zero-order valence-corrected chi connectivity index (χ0v) is 13.6. The van der Waals surface area contributed by atoms with Crippen LogP contribution in [0.1, 0.15) is 16.2 Å². The monoisotopic (exact) mass is 339 g/mol. The Morgan fingerprint density at radius 3 is 2.54 bits per heavy atom. The van der Waals surface area contributed by atoms with E-state index in [-0.39, 0.29) is 17.2 Å². The Morgan fingerprint density at radius 2 is 1.83 bits per heavy atom. The number of thioether (sulfide) groups is 1. The van der Waals surface area contributed by atoms with Gasteiger partial charge in [-0.15, -0.1) is 0 Å². The first-order valence-electron chi connectivity index (χ1n) is 7.18. The van der Waals surface area contributed by atoms with Gasteiger partial charge in [-0.1, -0.05) is 30.0 Å². The molecule has 120 valence electrons. The van der Waals surface area contributed by atoms with Crippen molar-refractivity contribution in [2.45, 2.75) is 11.9 Å². The topological polar surface area (TPSA) is 86.0 Å². The van der Waals surface area contributed by atoms with Crippen LogP contribution in [0.15, 0.2) is 53.6 Å². The summed E-state index contributed by atoms with van der Waals surface area (Å²) in [5.74, 6) is 0.757. The summed E-state index contributed by atoms with van der Waals surface area (Å²) in [4.78, 5) is 31.2. The third-order valence-corrected chi connectivity index (χ3v) is 4.41. The van der Waals surface area contributed by atoms with E-state index in [1.807, 2.05) is 31.2 Å². The molecule has 0 bridgehead atoms. The molecule has 0 saturated heterocycles. The molecule has 24 heavy (non-hydrogen) atoms. The van der Waals surface area contributed by atoms with Gasteiger partial charge in [0.05, 0.1) is 16.2 Å². The molecular weight excluding hydrogens is 326 g/mol. The molecule has 0 unspecified atom stereocenters. The van der Waals surface area contributed by atoms with Crippen LogP contribution in [0.25, 0.3) is 10.9 Å². The average molecular weight is 339 g/mol. The number of nitrogens with zero attached hydrogens (tertiary/aromatic N) is 3. The number of Topliss-reactive ketones (excluding diaryl/α,β-unsaturated/α-hetero) is 1. The predicted molar refractivity (Wildman–Crippen MR) is 92.4 cm³/mol. The van der Waals surface area contributed by atoms with Crippen molar-refractivity contribution in [2.24, 2.45) is 0 Å². The molecule has 0 fully saturated rings. The lowest BCUT2D eigenvalue weighted by Gasteiger charge is -2.06. The van der Waals surface area contributed by atoms with E-state index in [0.717, 1.165) is 15.9 Å². The molecular formula is C17H13N3O3S. The highest BCUT2D eigenvalue weighted by Crippen LogP contribution is 2.26. The number of aromatic nitrogens is 2. The fraction of sp³-hybridized carbons (Fsp3) is 0.118. The molecule has 0 spiro atoms. The molecule has 0 amide bonds. The second-order valence-corrected chi connectivity index (χ2v) is 6.07. The Bertz CT molecular complexity index is 926. The van der Waals surface area contributed by atoms with E-state index in [9.17, 15) is 14.9 Å². The molecule has 3 rings (SSSR count). The van der Waals surface area contributed by atoms with E-state index < -0.39 is 4.92 Å². The van der Waals surface area contributed by atoms with Crippen LogP contribution in [0.2, 0.25) is 0 Å². The summed E-state index contributed by atoms with van der Waals surface area (Å²) in [6.07, 6.45) is 0. The van der Waals surface area contributed by atoms with Crippen LogP contribution in [0.5, 0.6) is 0 Å². The molecule has 7 heteroatoms. The number of non-ortho nitro benzene ring substituents is 1. The SMILES string of the molecule is Cc1nc(SCC(=O)c2ccc([N+](=O)[O-])cc2)c2ccccc2n1. The van der Waals surface area contributed by atoms with Crippen LogP contribution in [-0.4, -0.2) is 26.4 Å². The summed E-state index contributed by atoms with van der Waals surface area (Å²) < 4.78 is 0. The van der Waals surface area contributed by atoms with Gasteiger partial charge in [0, 0.05) is 23.1 Å². The summed E-state index contributed by atoms with van der Waals surface area (Å²) >= 11 is 1.34. The number of hydrogen-bond donors (Lipinski definition) is 0. The fourth-order valence-corrected chi connectivity index (χ4v) is 3.21. The highest BCUT2D eigenvalue weighted by atomic mass is 32.2. The lowest BCUT2D eigenvalue weighted by molar-refractivity contribution is -0.384. The van der Waals surface area contributed by atoms with Gasteiger partial charge >= 0.3 is 0 Å². The van der Waals surface area contributed by atoms with Crippen molar-refractivity contribution in [2.75, 3.05) is 5.75 Å². The minimum Gasteiger partial charge on any atom is -0.293 e. The number of fused-ring (bicyclic) bond motifs is 1. The predicted octanol–water partition coefficient (Wildman–Crippen LogP) is 3.82. The third-order valence-electron chi connectivity index (χ3n) is 3.42. The number of aryl methyl sites for hydroxylation is 1. The molecule has 0 aliphatic rings. The Balaban J connectivity index is 1.78. The number of carbonyl (C=O) groups is 1. The van der Waals surface area contributed by atoms with Crippen LogP contribution in [0.3, 0.4) is 0 Å². The summed E-state index contributed by atoms with van der Waals surface area (Å²) in [5, 5.41) is 12.3. The van der Waals surface area contributed by atoms with Gasteiger partial charge < -0.3 is 0 Å². The van der Waals surface area contributed by atoms with Gasteiger partial charge in [0.25, 0.3) is 5.69 Å². The number of nitro benzene ring substituents is 1. The molecule has 0 radical (unpaired) electrons. The third kappa shape index (κ3) is 3.41. The Hall–Kier alpha value is -2.80. The van der Waals surface area contributed by atoms with Gasteiger partial charge in [-0.25, -0.2) is 9.97 Å². The number of rotatable bonds is 5. The lowest BCUT2D eigenvalue weighted by atomic mass is 10.1. The van der Waals surface area contributed by atoms with Crippen LogP contribution in [0.4, 0.5) is 5.69 Å². The first-order valence-corrected chi connectivity index (χ1v) is 8.17. The second-order valence-electron chi connectivity index (χ2n) is 5.11. The van der Waals surface area contributed by atoms with Gasteiger partial charge in [-0.3, -0.25) is 14.9 Å². The highest BCUT2D eigenvalue weighted by molar-refractivity contribution is 8.00. The van der Waals surface area contributed by atoms with E-state index in [4.69, 9.17) is 0 Å². The molecule has 1 heterocycles. The summed E-state index contributed by atoms with van der Waals surface area (Å²) in [6.45, 7) is 1.81. The van der Waals surface area contributed by atoms with E-state index in [0.29, 0.717) is 11.4 Å². The molecule has 0 saturated carbocycles. The number of carbonyl (C=O) groups excluding carboxylic acids is 1. The summed E-state index contributed by atoms with van der Waals surface area (Å²) in [7, 11) is 0. The first-order chi connectivity index (χ1) is 11.5. The van der Waals surface area contributed by atoms with Crippen molar-refractivity contribution in [1.29, 1.82) is 0 Å². The van der Waals surface area contributed by atoms with E-state index >= 15 is 0 Å². The van der Waals surface area contributed by atoms with Crippen molar-refractivity contribution >= 4 is 34.1 Å². The highest BCUT2D eigenvalue weighted by Gasteiger charge is 2.12. The number of benzene rings is 2. The van der Waals surface area contributed by atoms with E-state index in [1.165, 1.54) is 36.0 Å². The molecule has 0 N–H and O–H groups in total. The molecule has 1 aromatic heterocycles. The molecule has 0 aliphatic carbocycles. The lowest BCUT2D eigenvalue weighted by Crippen LogP contribution is -2.03. The summed E-state index contributed by atoms with van der Waals surface area (Å²) in [5.41, 5.74) is 1.26. The number of para-hydroxylation sites is 1. The first kappa shape index (κ1) is 16.1. The van der Waals surface area contributed by atoms with Crippen LogP contribution < -0.4 is 0 Å². The quantitative estimate of drug-likeness (QED) is 0.231. The number of ketones is 1. The molecule has 3 aromatic rings. The van der Waals surface area contributed by atoms with Gasteiger partial charge in [-0.2, -0.15) is 0 Å². The van der Waals surface area contributed by atoms with Crippen molar-refractivity contribution < 1.29 is 9.72 Å². The average Bonchev–Trinajstić information content (AvgIpc) is 2.59. The fourth-order valence-electron chi connectivity index (χ4n) is 2.25. The largest absolute Gasteiger partial charge is 0.293 e. The van der Waals surface area contributed by atoms with E-state index in [2.05, 4.69) is 9.97 Å². The minimum absolute atomic E-state index is 0.0309. The zero-order valence-electron chi connectivity index (χ0n) is 12.8.